The van der Waals surface area contributed by atoms with E-state index in [1.54, 1.807) is 0 Å². The third-order valence-corrected chi connectivity index (χ3v) is 1.70. The van der Waals surface area contributed by atoms with Crippen LogP contribution >= 0.6 is 0 Å². The Morgan fingerprint density at radius 3 is 2.40 bits per heavy atom. The van der Waals surface area contributed by atoms with E-state index in [9.17, 15) is 0 Å². The fourth-order valence-corrected chi connectivity index (χ4v) is 1.02. The van der Waals surface area contributed by atoms with E-state index in [-0.39, 0.29) is 0 Å². The molecule has 10 heavy (non-hydrogen) atoms. The lowest BCUT2D eigenvalue weighted by Gasteiger charge is -1.97. The van der Waals surface area contributed by atoms with Gasteiger partial charge in [-0.1, -0.05) is 0 Å². The first-order valence-electron chi connectivity index (χ1n) is 4.52. The molecule has 0 saturated carbocycles. The van der Waals surface area contributed by atoms with Gasteiger partial charge in [-0.15, -0.1) is 0 Å². The molecule has 0 aromatic heterocycles. The smallest absolute Gasteiger partial charge is 0.0755 e. The zero-order chi connectivity index (χ0) is 7.66. The van der Waals surface area contributed by atoms with Gasteiger partial charge >= 0.3 is 0 Å². The van der Waals surface area contributed by atoms with Crippen LogP contribution in [0.3, 0.4) is 0 Å². The predicted molar refractivity (Wildman–Crippen MR) is 43.6 cm³/mol. The molecule has 62 valence electrons. The highest BCUT2D eigenvalue weighted by Gasteiger charge is 1.89. The predicted octanol–water partition coefficient (Wildman–Crippen LogP) is -0.628. The Labute approximate surface area is 64.2 Å². The number of hydrogen-bond donors (Lipinski definition) is 2. The molecule has 5 N–H and O–H groups in total. The molecule has 0 aliphatic carbocycles. The van der Waals surface area contributed by atoms with Gasteiger partial charge < -0.3 is 11.1 Å². The second-order valence-electron chi connectivity index (χ2n) is 2.75. The van der Waals surface area contributed by atoms with Crippen molar-refractivity contribution in [2.24, 2.45) is 0 Å². The average molecular weight is 146 g/mol. The van der Waals surface area contributed by atoms with Crippen molar-refractivity contribution in [2.75, 3.05) is 19.6 Å². The van der Waals surface area contributed by atoms with Crippen molar-refractivity contribution >= 4 is 0 Å². The first-order chi connectivity index (χ1) is 4.91. The summed E-state index contributed by atoms with van der Waals surface area (Å²) in [4.78, 5) is 0. The first kappa shape index (κ1) is 9.92. The second kappa shape index (κ2) is 8.92. The van der Waals surface area contributed by atoms with Gasteiger partial charge in [0.25, 0.3) is 0 Å². The summed E-state index contributed by atoms with van der Waals surface area (Å²) in [6.45, 7) is 5.86. The topological polar surface area (TPSA) is 44.2 Å². The van der Waals surface area contributed by atoms with Crippen LogP contribution in [-0.2, 0) is 0 Å². The van der Waals surface area contributed by atoms with Crippen LogP contribution in [-0.4, -0.2) is 19.6 Å². The molecular formula is C8H22N2+2. The summed E-state index contributed by atoms with van der Waals surface area (Å²) >= 11 is 0. The largest absolute Gasteiger partial charge is 0.358 e. The van der Waals surface area contributed by atoms with Crippen molar-refractivity contribution in [1.82, 2.24) is 0 Å². The van der Waals surface area contributed by atoms with E-state index >= 15 is 0 Å². The summed E-state index contributed by atoms with van der Waals surface area (Å²) in [7, 11) is 0. The molecule has 0 aliphatic heterocycles. The zero-order valence-electron chi connectivity index (χ0n) is 7.23. The van der Waals surface area contributed by atoms with Gasteiger partial charge in [0.05, 0.1) is 19.6 Å². The summed E-state index contributed by atoms with van der Waals surface area (Å²) < 4.78 is 0. The Hall–Kier alpha value is -0.0800. The summed E-state index contributed by atoms with van der Waals surface area (Å²) in [6, 6.07) is 0. The van der Waals surface area contributed by atoms with Crippen molar-refractivity contribution in [2.45, 2.75) is 32.6 Å². The summed E-state index contributed by atoms with van der Waals surface area (Å²) in [5.41, 5.74) is 3.81. The Morgan fingerprint density at radius 2 is 1.80 bits per heavy atom. The Kier molecular flexibility index (Phi) is 8.85. The zero-order valence-corrected chi connectivity index (χ0v) is 7.23. The number of rotatable bonds is 7. The van der Waals surface area contributed by atoms with Gasteiger partial charge in [0.1, 0.15) is 0 Å². The Balaban J connectivity index is 2.65. The number of unbranched alkanes of at least 4 members (excludes halogenated alkanes) is 3. The van der Waals surface area contributed by atoms with E-state index in [2.05, 4.69) is 18.0 Å². The van der Waals surface area contributed by atoms with Gasteiger partial charge in [-0.3, -0.25) is 0 Å². The number of hydrogen-bond acceptors (Lipinski definition) is 0. The standard InChI is InChI=1S/C8H20N2/c1-2-10-8-6-4-3-5-7-9/h10H,2-9H2,1H3/p+2. The maximum absolute atomic E-state index is 3.81. The fraction of sp³-hybridized carbons (Fsp3) is 1.00. The van der Waals surface area contributed by atoms with E-state index in [0.29, 0.717) is 0 Å². The normalized spacial score (nSPS) is 10.2. The molecule has 2 heteroatoms. The third-order valence-electron chi connectivity index (χ3n) is 1.70. The first-order valence-corrected chi connectivity index (χ1v) is 4.52. The lowest BCUT2D eigenvalue weighted by atomic mass is 10.2. The quantitative estimate of drug-likeness (QED) is 0.449. The lowest BCUT2D eigenvalue weighted by molar-refractivity contribution is -0.652. The van der Waals surface area contributed by atoms with Crippen LogP contribution in [0.4, 0.5) is 0 Å². The Morgan fingerprint density at radius 1 is 1.10 bits per heavy atom. The van der Waals surface area contributed by atoms with Gasteiger partial charge in [0, 0.05) is 0 Å². The van der Waals surface area contributed by atoms with Crippen LogP contribution in [0.15, 0.2) is 0 Å². The molecule has 0 rings (SSSR count). The van der Waals surface area contributed by atoms with Crippen molar-refractivity contribution in [1.29, 1.82) is 0 Å². The van der Waals surface area contributed by atoms with Crippen LogP contribution in [0.5, 0.6) is 0 Å². The molecule has 0 spiro atoms. The summed E-state index contributed by atoms with van der Waals surface area (Å²) in [6.07, 6.45) is 5.47. The second-order valence-corrected chi connectivity index (χ2v) is 2.75. The molecule has 0 aliphatic rings. The van der Waals surface area contributed by atoms with E-state index in [1.807, 2.05) is 0 Å². The lowest BCUT2D eigenvalue weighted by Crippen LogP contribution is -2.83. The van der Waals surface area contributed by atoms with Crippen LogP contribution in [0.2, 0.25) is 0 Å². The minimum absolute atomic E-state index is 1.11. The van der Waals surface area contributed by atoms with E-state index in [1.165, 1.54) is 38.8 Å². The van der Waals surface area contributed by atoms with Gasteiger partial charge in [-0.2, -0.15) is 0 Å². The summed E-state index contributed by atoms with van der Waals surface area (Å²) in [5.74, 6) is 0. The minimum Gasteiger partial charge on any atom is -0.358 e. The van der Waals surface area contributed by atoms with Gasteiger partial charge in [0.15, 0.2) is 0 Å². The summed E-state index contributed by atoms with van der Waals surface area (Å²) in [5, 5.41) is 2.37. The molecule has 0 radical (unpaired) electrons. The molecule has 0 atom stereocenters. The highest BCUT2D eigenvalue weighted by Crippen LogP contribution is 1.94. The number of quaternary nitrogens is 2. The van der Waals surface area contributed by atoms with Crippen LogP contribution in [0.1, 0.15) is 32.6 Å². The number of nitrogens with two attached hydrogens (primary N) is 1. The SMILES string of the molecule is CC[NH2+]CCCCCC[NH3+]. The molecule has 0 bridgehead atoms. The highest BCUT2D eigenvalue weighted by molar-refractivity contribution is 4.38. The van der Waals surface area contributed by atoms with Crippen molar-refractivity contribution in [3.8, 4) is 0 Å². The maximum atomic E-state index is 3.81. The third kappa shape index (κ3) is 7.92. The molecule has 0 unspecified atom stereocenters. The fourth-order valence-electron chi connectivity index (χ4n) is 1.02. The van der Waals surface area contributed by atoms with Crippen LogP contribution in [0.25, 0.3) is 0 Å². The van der Waals surface area contributed by atoms with Crippen LogP contribution in [0, 0.1) is 0 Å². The van der Waals surface area contributed by atoms with Crippen molar-refractivity contribution in [3.63, 3.8) is 0 Å². The van der Waals surface area contributed by atoms with Crippen molar-refractivity contribution in [3.05, 3.63) is 0 Å². The molecular weight excluding hydrogens is 124 g/mol. The molecule has 0 aromatic rings. The van der Waals surface area contributed by atoms with Crippen molar-refractivity contribution < 1.29 is 11.1 Å². The van der Waals surface area contributed by atoms with Gasteiger partial charge in [-0.05, 0) is 32.6 Å². The minimum atomic E-state index is 1.11. The van der Waals surface area contributed by atoms with E-state index in [0.717, 1.165) is 6.54 Å². The highest BCUT2D eigenvalue weighted by atomic mass is 14.8. The average Bonchev–Trinajstić information content (AvgIpc) is 1.97. The molecule has 0 heterocycles. The van der Waals surface area contributed by atoms with Crippen LogP contribution < -0.4 is 11.1 Å². The Bertz CT molecular complexity index is 47.2. The van der Waals surface area contributed by atoms with E-state index < -0.39 is 0 Å². The molecule has 0 saturated heterocycles. The van der Waals surface area contributed by atoms with Gasteiger partial charge in [0.2, 0.25) is 0 Å². The molecule has 0 amide bonds. The molecule has 2 nitrogen and oxygen atoms in total. The molecule has 0 aromatic carbocycles. The van der Waals surface area contributed by atoms with Gasteiger partial charge in [-0.25, -0.2) is 0 Å². The van der Waals surface area contributed by atoms with E-state index in [4.69, 9.17) is 0 Å². The maximum Gasteiger partial charge on any atom is 0.0755 e. The monoisotopic (exact) mass is 146 g/mol. The molecule has 0 fully saturated rings.